The van der Waals surface area contributed by atoms with E-state index in [4.69, 9.17) is 9.84 Å². The topological polar surface area (TPSA) is 70.9 Å². The van der Waals surface area contributed by atoms with Gasteiger partial charge in [0.2, 0.25) is 0 Å². The zero-order valence-electron chi connectivity index (χ0n) is 10.9. The molecule has 0 unspecified atom stereocenters. The lowest BCUT2D eigenvalue weighted by atomic mass is 10.2. The number of ether oxygens (including phenoxy) is 1. The van der Waals surface area contributed by atoms with Crippen molar-refractivity contribution in [2.45, 2.75) is 0 Å². The second kappa shape index (κ2) is 6.38. The summed E-state index contributed by atoms with van der Waals surface area (Å²) >= 11 is 0. The van der Waals surface area contributed by atoms with Crippen molar-refractivity contribution in [1.82, 2.24) is 0 Å². The number of nitrogens with one attached hydrogen (secondary N) is 1. The molecular formula is C15H14N2O3. The van der Waals surface area contributed by atoms with Gasteiger partial charge >= 0.3 is 5.97 Å². The van der Waals surface area contributed by atoms with Crippen LogP contribution >= 0.6 is 0 Å². The summed E-state index contributed by atoms with van der Waals surface area (Å²) in [5.41, 5.74) is 4.54. The Balaban J connectivity index is 2.02. The summed E-state index contributed by atoms with van der Waals surface area (Å²) in [6, 6.07) is 13.9. The molecule has 5 nitrogen and oxygen atoms in total. The Hall–Kier alpha value is -2.82. The van der Waals surface area contributed by atoms with Crippen molar-refractivity contribution in [2.24, 2.45) is 5.10 Å². The van der Waals surface area contributed by atoms with Gasteiger partial charge < -0.3 is 9.84 Å². The second-order valence-corrected chi connectivity index (χ2v) is 4.03. The number of carbonyl (C=O) groups is 1. The molecule has 0 aliphatic rings. The lowest BCUT2D eigenvalue weighted by Crippen LogP contribution is -1.97. The van der Waals surface area contributed by atoms with E-state index in [-0.39, 0.29) is 5.56 Å². The van der Waals surface area contributed by atoms with Gasteiger partial charge in [-0.25, -0.2) is 4.79 Å². The number of rotatable bonds is 5. The molecule has 0 heterocycles. The zero-order chi connectivity index (χ0) is 14.4. The molecule has 0 aliphatic heterocycles. The molecule has 0 fully saturated rings. The van der Waals surface area contributed by atoms with Crippen molar-refractivity contribution in [3.05, 3.63) is 59.7 Å². The molecule has 20 heavy (non-hydrogen) atoms. The minimum atomic E-state index is -0.965. The predicted octanol–water partition coefficient (Wildman–Crippen LogP) is 2.84. The molecular weight excluding hydrogens is 256 g/mol. The highest BCUT2D eigenvalue weighted by Crippen LogP contribution is 2.12. The standard InChI is InChI=1S/C15H14N2O3/c1-20-14-7-5-11(6-8-14)10-16-17-13-4-2-3-12(9-13)15(18)19/h2-10,17H,1H3,(H,18,19)/b16-10-. The highest BCUT2D eigenvalue weighted by Gasteiger charge is 2.01. The monoisotopic (exact) mass is 270 g/mol. The second-order valence-electron chi connectivity index (χ2n) is 4.03. The van der Waals surface area contributed by atoms with Crippen molar-refractivity contribution >= 4 is 17.9 Å². The van der Waals surface area contributed by atoms with Crippen LogP contribution in [0.3, 0.4) is 0 Å². The molecule has 2 rings (SSSR count). The van der Waals surface area contributed by atoms with Crippen LogP contribution in [0.2, 0.25) is 0 Å². The average Bonchev–Trinajstić information content (AvgIpc) is 2.48. The summed E-state index contributed by atoms with van der Waals surface area (Å²) in [5, 5.41) is 12.9. The van der Waals surface area contributed by atoms with E-state index in [9.17, 15) is 4.79 Å². The Morgan fingerprint density at radius 1 is 1.25 bits per heavy atom. The molecule has 0 amide bonds. The van der Waals surface area contributed by atoms with Crippen LogP contribution in [0.15, 0.2) is 53.6 Å². The zero-order valence-corrected chi connectivity index (χ0v) is 10.9. The van der Waals surface area contributed by atoms with Crippen molar-refractivity contribution < 1.29 is 14.6 Å². The van der Waals surface area contributed by atoms with Gasteiger partial charge in [0.25, 0.3) is 0 Å². The van der Waals surface area contributed by atoms with Crippen LogP contribution in [0, 0.1) is 0 Å². The summed E-state index contributed by atoms with van der Waals surface area (Å²) in [6.07, 6.45) is 1.65. The fourth-order valence-electron chi connectivity index (χ4n) is 1.59. The minimum absolute atomic E-state index is 0.217. The van der Waals surface area contributed by atoms with Crippen LogP contribution in [-0.4, -0.2) is 24.4 Å². The molecule has 0 radical (unpaired) electrons. The quantitative estimate of drug-likeness (QED) is 0.647. The average molecular weight is 270 g/mol. The van der Waals surface area contributed by atoms with Crippen LogP contribution in [0.5, 0.6) is 5.75 Å². The van der Waals surface area contributed by atoms with Crippen molar-refractivity contribution in [3.8, 4) is 5.75 Å². The fourth-order valence-corrected chi connectivity index (χ4v) is 1.59. The molecule has 5 heteroatoms. The third-order valence-electron chi connectivity index (χ3n) is 2.63. The number of anilines is 1. The third kappa shape index (κ3) is 3.58. The Morgan fingerprint density at radius 3 is 2.65 bits per heavy atom. The lowest BCUT2D eigenvalue weighted by molar-refractivity contribution is 0.0697. The molecule has 0 bridgehead atoms. The molecule has 102 valence electrons. The van der Waals surface area contributed by atoms with E-state index >= 15 is 0 Å². The van der Waals surface area contributed by atoms with Gasteiger partial charge in [-0.2, -0.15) is 5.10 Å². The maximum absolute atomic E-state index is 10.8. The number of carboxylic acids is 1. The van der Waals surface area contributed by atoms with Crippen LogP contribution < -0.4 is 10.2 Å². The van der Waals surface area contributed by atoms with Gasteiger partial charge in [0, 0.05) is 0 Å². The molecule has 0 aromatic heterocycles. The number of nitrogens with zero attached hydrogens (tertiary/aromatic N) is 1. The van der Waals surface area contributed by atoms with Crippen LogP contribution in [0.4, 0.5) is 5.69 Å². The molecule has 2 N–H and O–H groups in total. The van der Waals surface area contributed by atoms with Gasteiger partial charge in [0.05, 0.1) is 24.6 Å². The van der Waals surface area contributed by atoms with E-state index in [0.29, 0.717) is 5.69 Å². The molecule has 0 aliphatic carbocycles. The first-order valence-electron chi connectivity index (χ1n) is 5.95. The van der Waals surface area contributed by atoms with Crippen LogP contribution in [0.1, 0.15) is 15.9 Å². The summed E-state index contributed by atoms with van der Waals surface area (Å²) in [7, 11) is 1.61. The van der Waals surface area contributed by atoms with Gasteiger partial charge in [-0.05, 0) is 48.0 Å². The van der Waals surface area contributed by atoms with Gasteiger partial charge in [-0.15, -0.1) is 0 Å². The molecule has 0 spiro atoms. The lowest BCUT2D eigenvalue weighted by Gasteiger charge is -2.02. The largest absolute Gasteiger partial charge is 0.497 e. The van der Waals surface area contributed by atoms with Gasteiger partial charge in [-0.1, -0.05) is 6.07 Å². The molecule has 0 saturated heterocycles. The van der Waals surface area contributed by atoms with Gasteiger partial charge in [0.1, 0.15) is 5.75 Å². The van der Waals surface area contributed by atoms with E-state index in [2.05, 4.69) is 10.5 Å². The SMILES string of the molecule is COc1ccc(/C=N\Nc2cccc(C(=O)O)c2)cc1. The van der Waals surface area contributed by atoms with E-state index < -0.39 is 5.97 Å². The number of hydrogen-bond donors (Lipinski definition) is 2. The third-order valence-corrected chi connectivity index (χ3v) is 2.63. The highest BCUT2D eigenvalue weighted by molar-refractivity contribution is 5.88. The van der Waals surface area contributed by atoms with Gasteiger partial charge in [0.15, 0.2) is 0 Å². The first-order chi connectivity index (χ1) is 9.69. The smallest absolute Gasteiger partial charge is 0.335 e. The van der Waals surface area contributed by atoms with E-state index in [0.717, 1.165) is 11.3 Å². The number of hydrogen-bond acceptors (Lipinski definition) is 4. The molecule has 0 saturated carbocycles. The maximum atomic E-state index is 10.8. The van der Waals surface area contributed by atoms with Crippen molar-refractivity contribution in [2.75, 3.05) is 12.5 Å². The highest BCUT2D eigenvalue weighted by atomic mass is 16.5. The number of hydrazone groups is 1. The minimum Gasteiger partial charge on any atom is -0.497 e. The fraction of sp³-hybridized carbons (Fsp3) is 0.0667. The molecule has 2 aromatic carbocycles. The number of methoxy groups -OCH3 is 1. The van der Waals surface area contributed by atoms with Crippen LogP contribution in [0.25, 0.3) is 0 Å². The first kappa shape index (κ1) is 13.6. The summed E-state index contributed by atoms with van der Waals surface area (Å²) < 4.78 is 5.06. The van der Waals surface area contributed by atoms with Crippen molar-refractivity contribution in [3.63, 3.8) is 0 Å². The summed E-state index contributed by atoms with van der Waals surface area (Å²) in [5.74, 6) is -0.183. The van der Waals surface area contributed by atoms with E-state index in [1.807, 2.05) is 24.3 Å². The predicted molar refractivity (Wildman–Crippen MR) is 77.6 cm³/mol. The Kier molecular flexibility index (Phi) is 4.34. The number of carboxylic acid groups (broad SMARTS) is 1. The van der Waals surface area contributed by atoms with Gasteiger partial charge in [-0.3, -0.25) is 5.43 Å². The Bertz CT molecular complexity index is 621. The Morgan fingerprint density at radius 2 is 2.00 bits per heavy atom. The maximum Gasteiger partial charge on any atom is 0.335 e. The van der Waals surface area contributed by atoms with E-state index in [1.54, 1.807) is 25.5 Å². The van der Waals surface area contributed by atoms with Crippen molar-refractivity contribution in [1.29, 1.82) is 0 Å². The Labute approximate surface area is 116 Å². The number of aromatic carboxylic acids is 1. The molecule has 0 atom stereocenters. The normalized spacial score (nSPS) is 10.4. The van der Waals surface area contributed by atoms with Crippen LogP contribution in [-0.2, 0) is 0 Å². The first-order valence-corrected chi connectivity index (χ1v) is 5.95. The summed E-state index contributed by atoms with van der Waals surface area (Å²) in [4.78, 5) is 10.8. The van der Waals surface area contributed by atoms with E-state index in [1.165, 1.54) is 12.1 Å². The number of benzene rings is 2. The molecule has 2 aromatic rings. The summed E-state index contributed by atoms with van der Waals surface area (Å²) in [6.45, 7) is 0.